The maximum absolute atomic E-state index is 12.0. The zero-order valence-corrected chi connectivity index (χ0v) is 13.2. The van der Waals surface area contributed by atoms with Crippen molar-refractivity contribution >= 4 is 28.6 Å². The Labute approximate surface area is 131 Å². The number of carbonyl (C=O) groups excluding carboxylic acids is 1. The summed E-state index contributed by atoms with van der Waals surface area (Å²) in [7, 11) is 0. The predicted octanol–water partition coefficient (Wildman–Crippen LogP) is 2.45. The highest BCUT2D eigenvalue weighted by Crippen LogP contribution is 2.27. The molecule has 0 unspecified atom stereocenters. The molecule has 6 heteroatoms. The van der Waals surface area contributed by atoms with Crippen molar-refractivity contribution in [2.24, 2.45) is 0 Å². The van der Waals surface area contributed by atoms with Crippen molar-refractivity contribution in [2.75, 3.05) is 19.6 Å². The van der Waals surface area contributed by atoms with Gasteiger partial charge in [-0.3, -0.25) is 4.79 Å². The quantitative estimate of drug-likeness (QED) is 0.832. The fraction of sp³-hybridized carbons (Fsp3) is 0.333. The number of thiophene rings is 1. The van der Waals surface area contributed by atoms with E-state index in [2.05, 4.69) is 27.8 Å². The van der Waals surface area contributed by atoms with Gasteiger partial charge < -0.3 is 10.6 Å². The number of nitrogens with one attached hydrogen (secondary N) is 2. The molecule has 1 aliphatic heterocycles. The van der Waals surface area contributed by atoms with Gasteiger partial charge in [0, 0.05) is 18.5 Å². The summed E-state index contributed by atoms with van der Waals surface area (Å²) >= 11 is 3.27. The topological polar surface area (TPSA) is 54.0 Å². The summed E-state index contributed by atoms with van der Waals surface area (Å²) < 4.78 is 0. The number of carbonyl (C=O) groups is 1. The molecular formula is C15H17N3OS2. The Morgan fingerprint density at radius 1 is 1.43 bits per heavy atom. The number of aromatic nitrogens is 1. The normalized spacial score (nSPS) is 14.8. The Bertz CT molecular complexity index is 631. The summed E-state index contributed by atoms with van der Waals surface area (Å²) in [6.45, 7) is 2.56. The van der Waals surface area contributed by atoms with Crippen LogP contribution < -0.4 is 10.6 Å². The van der Waals surface area contributed by atoms with Crippen molar-refractivity contribution in [1.82, 2.24) is 15.6 Å². The summed E-state index contributed by atoms with van der Waals surface area (Å²) in [5, 5.41) is 11.2. The molecule has 0 fully saturated rings. The first kappa shape index (κ1) is 14.4. The van der Waals surface area contributed by atoms with Crippen LogP contribution in [0.3, 0.4) is 0 Å². The van der Waals surface area contributed by atoms with E-state index in [1.807, 2.05) is 16.8 Å². The molecule has 0 atom stereocenters. The third-order valence-electron chi connectivity index (χ3n) is 3.30. The molecule has 0 saturated heterocycles. The predicted molar refractivity (Wildman–Crippen MR) is 87.7 cm³/mol. The number of amides is 1. The summed E-state index contributed by atoms with van der Waals surface area (Å²) in [4.78, 5) is 17.7. The summed E-state index contributed by atoms with van der Waals surface area (Å²) in [6.07, 6.45) is 3.52. The number of hydrogen-bond donors (Lipinski definition) is 2. The van der Waals surface area contributed by atoms with E-state index >= 15 is 0 Å². The SMILES string of the molecule is O=C(Cc1csc(-c2cccs2)n1)NCC1=CCNCC1. The van der Waals surface area contributed by atoms with E-state index in [1.54, 1.807) is 22.7 Å². The van der Waals surface area contributed by atoms with Gasteiger partial charge in [0.2, 0.25) is 5.91 Å². The smallest absolute Gasteiger partial charge is 0.226 e. The van der Waals surface area contributed by atoms with Crippen molar-refractivity contribution in [3.63, 3.8) is 0 Å². The first-order valence-corrected chi connectivity index (χ1v) is 8.71. The van der Waals surface area contributed by atoms with Gasteiger partial charge in [-0.15, -0.1) is 22.7 Å². The fourth-order valence-electron chi connectivity index (χ4n) is 2.17. The minimum atomic E-state index is 0.0393. The van der Waals surface area contributed by atoms with Crippen molar-refractivity contribution in [1.29, 1.82) is 0 Å². The Balaban J connectivity index is 1.52. The number of thiazole rings is 1. The van der Waals surface area contributed by atoms with Gasteiger partial charge in [0.1, 0.15) is 5.01 Å². The maximum atomic E-state index is 12.0. The van der Waals surface area contributed by atoms with E-state index in [9.17, 15) is 4.79 Å². The van der Waals surface area contributed by atoms with Gasteiger partial charge >= 0.3 is 0 Å². The lowest BCUT2D eigenvalue weighted by Crippen LogP contribution is -2.30. The van der Waals surface area contributed by atoms with Gasteiger partial charge in [0.05, 0.1) is 17.0 Å². The average Bonchev–Trinajstić information content (AvgIpc) is 3.17. The van der Waals surface area contributed by atoms with Crippen LogP contribution in [0.4, 0.5) is 0 Å². The highest BCUT2D eigenvalue weighted by molar-refractivity contribution is 7.20. The third-order valence-corrected chi connectivity index (χ3v) is 5.23. The second-order valence-corrected chi connectivity index (χ2v) is 6.70. The van der Waals surface area contributed by atoms with Crippen LogP contribution in [-0.4, -0.2) is 30.5 Å². The molecule has 0 spiro atoms. The van der Waals surface area contributed by atoms with Crippen molar-refractivity contribution in [3.8, 4) is 9.88 Å². The van der Waals surface area contributed by atoms with E-state index in [1.165, 1.54) is 5.57 Å². The molecule has 0 bridgehead atoms. The highest BCUT2D eigenvalue weighted by atomic mass is 32.1. The number of rotatable bonds is 5. The van der Waals surface area contributed by atoms with E-state index < -0.39 is 0 Å². The van der Waals surface area contributed by atoms with Crippen LogP contribution in [0.1, 0.15) is 12.1 Å². The monoisotopic (exact) mass is 319 g/mol. The molecule has 2 aromatic heterocycles. The second kappa shape index (κ2) is 6.98. The van der Waals surface area contributed by atoms with Gasteiger partial charge in [0.15, 0.2) is 0 Å². The van der Waals surface area contributed by atoms with Gasteiger partial charge in [-0.05, 0) is 24.4 Å². The van der Waals surface area contributed by atoms with E-state index in [4.69, 9.17) is 0 Å². The van der Waals surface area contributed by atoms with Crippen LogP contribution in [0.2, 0.25) is 0 Å². The molecule has 2 aromatic rings. The average molecular weight is 319 g/mol. The number of nitrogens with zero attached hydrogens (tertiary/aromatic N) is 1. The largest absolute Gasteiger partial charge is 0.352 e. The first-order chi connectivity index (χ1) is 10.3. The van der Waals surface area contributed by atoms with E-state index in [0.717, 1.165) is 35.1 Å². The van der Waals surface area contributed by atoms with Crippen molar-refractivity contribution < 1.29 is 4.79 Å². The van der Waals surface area contributed by atoms with Crippen molar-refractivity contribution in [3.05, 3.63) is 40.2 Å². The zero-order chi connectivity index (χ0) is 14.5. The second-order valence-electron chi connectivity index (χ2n) is 4.89. The van der Waals surface area contributed by atoms with Crippen LogP contribution in [0.5, 0.6) is 0 Å². The number of hydrogen-bond acceptors (Lipinski definition) is 5. The molecular weight excluding hydrogens is 302 g/mol. The van der Waals surface area contributed by atoms with Gasteiger partial charge in [-0.1, -0.05) is 17.7 Å². The first-order valence-electron chi connectivity index (χ1n) is 6.95. The molecule has 2 N–H and O–H groups in total. The maximum Gasteiger partial charge on any atom is 0.226 e. The fourth-order valence-corrected chi connectivity index (χ4v) is 3.80. The molecule has 0 radical (unpaired) electrons. The highest BCUT2D eigenvalue weighted by Gasteiger charge is 2.10. The molecule has 0 saturated carbocycles. The molecule has 3 heterocycles. The molecule has 0 aromatic carbocycles. The molecule has 0 aliphatic carbocycles. The molecule has 21 heavy (non-hydrogen) atoms. The summed E-state index contributed by atoms with van der Waals surface area (Å²) in [5.74, 6) is 0.0393. The lowest BCUT2D eigenvalue weighted by molar-refractivity contribution is -0.120. The van der Waals surface area contributed by atoms with Gasteiger partial charge in [-0.25, -0.2) is 4.98 Å². The standard InChI is InChI=1S/C15H17N3OS2/c19-14(17-9-11-3-5-16-6-4-11)8-12-10-21-15(18-12)13-2-1-7-20-13/h1-3,7,10,16H,4-6,8-9H2,(H,17,19). The van der Waals surface area contributed by atoms with Crippen molar-refractivity contribution in [2.45, 2.75) is 12.8 Å². The minimum absolute atomic E-state index is 0.0393. The zero-order valence-electron chi connectivity index (χ0n) is 11.6. The Kier molecular flexibility index (Phi) is 4.80. The van der Waals surface area contributed by atoms with Crippen LogP contribution >= 0.6 is 22.7 Å². The molecule has 1 aliphatic rings. The van der Waals surface area contributed by atoms with E-state index in [-0.39, 0.29) is 5.91 Å². The molecule has 4 nitrogen and oxygen atoms in total. The van der Waals surface area contributed by atoms with Crippen LogP contribution in [0, 0.1) is 0 Å². The summed E-state index contributed by atoms with van der Waals surface area (Å²) in [5.41, 5.74) is 2.15. The molecule has 3 rings (SSSR count). The van der Waals surface area contributed by atoms with Gasteiger partial charge in [-0.2, -0.15) is 0 Å². The Morgan fingerprint density at radius 3 is 3.14 bits per heavy atom. The van der Waals surface area contributed by atoms with Crippen LogP contribution in [0.25, 0.3) is 9.88 Å². The Morgan fingerprint density at radius 2 is 2.38 bits per heavy atom. The molecule has 110 valence electrons. The third kappa shape index (κ3) is 4.00. The minimum Gasteiger partial charge on any atom is -0.352 e. The molecule has 1 amide bonds. The van der Waals surface area contributed by atoms with Crippen LogP contribution in [-0.2, 0) is 11.2 Å². The Hall–Kier alpha value is -1.50. The van der Waals surface area contributed by atoms with Crippen LogP contribution in [0.15, 0.2) is 34.5 Å². The lowest BCUT2D eigenvalue weighted by atomic mass is 10.1. The van der Waals surface area contributed by atoms with E-state index in [0.29, 0.717) is 13.0 Å². The lowest BCUT2D eigenvalue weighted by Gasteiger charge is -2.14. The van der Waals surface area contributed by atoms with Gasteiger partial charge in [0.25, 0.3) is 0 Å². The summed E-state index contributed by atoms with van der Waals surface area (Å²) in [6, 6.07) is 4.07.